The van der Waals surface area contributed by atoms with Crippen molar-refractivity contribution in [3.8, 4) is 6.07 Å². The fraction of sp³-hybridized carbons (Fsp3) is 0.500. The number of nitrogens with zero attached hydrogens (tertiary/aromatic N) is 2. The van der Waals surface area contributed by atoms with Crippen LogP contribution in [0.5, 0.6) is 0 Å². The van der Waals surface area contributed by atoms with Crippen LogP contribution in [0.4, 0.5) is 0 Å². The molecule has 3 nitrogen and oxygen atoms in total. The van der Waals surface area contributed by atoms with Crippen LogP contribution < -0.4 is 5.73 Å². The standard InChI is InChI=1S/C14H19N3/c1-11(17-7-3-6-14(17)10-16)13-5-2-4-12(8-13)9-15/h2,4-5,8,11,14H,3,6-7,10,16H2,1H3. The molecule has 1 heterocycles. The minimum absolute atomic E-state index is 0.347. The topological polar surface area (TPSA) is 53.0 Å². The van der Waals surface area contributed by atoms with Gasteiger partial charge in [0.2, 0.25) is 0 Å². The van der Waals surface area contributed by atoms with Crippen molar-refractivity contribution in [3.05, 3.63) is 35.4 Å². The third-order valence-corrected chi connectivity index (χ3v) is 3.69. The van der Waals surface area contributed by atoms with E-state index in [0.29, 0.717) is 12.1 Å². The van der Waals surface area contributed by atoms with E-state index in [2.05, 4.69) is 24.0 Å². The van der Waals surface area contributed by atoms with Crippen LogP contribution in [0.2, 0.25) is 0 Å². The molecule has 2 rings (SSSR count). The second kappa shape index (κ2) is 5.31. The molecule has 2 N–H and O–H groups in total. The maximum absolute atomic E-state index is 8.92. The molecular weight excluding hydrogens is 210 g/mol. The number of hydrogen-bond acceptors (Lipinski definition) is 3. The number of likely N-dealkylation sites (tertiary alicyclic amines) is 1. The van der Waals surface area contributed by atoms with Gasteiger partial charge in [-0.2, -0.15) is 5.26 Å². The first-order chi connectivity index (χ1) is 8.26. The Bertz CT molecular complexity index is 422. The highest BCUT2D eigenvalue weighted by atomic mass is 15.2. The van der Waals surface area contributed by atoms with Crippen molar-refractivity contribution in [2.75, 3.05) is 13.1 Å². The van der Waals surface area contributed by atoms with Crippen molar-refractivity contribution in [2.45, 2.75) is 31.8 Å². The monoisotopic (exact) mass is 229 g/mol. The Morgan fingerprint density at radius 1 is 1.59 bits per heavy atom. The van der Waals surface area contributed by atoms with Crippen LogP contribution in [0.15, 0.2) is 24.3 Å². The van der Waals surface area contributed by atoms with Crippen molar-refractivity contribution in [2.24, 2.45) is 5.73 Å². The van der Waals surface area contributed by atoms with Gasteiger partial charge in [0.15, 0.2) is 0 Å². The molecule has 90 valence electrons. The summed E-state index contributed by atoms with van der Waals surface area (Å²) >= 11 is 0. The van der Waals surface area contributed by atoms with Gasteiger partial charge in [0.25, 0.3) is 0 Å². The summed E-state index contributed by atoms with van der Waals surface area (Å²) in [5.74, 6) is 0. The summed E-state index contributed by atoms with van der Waals surface area (Å²) in [6.07, 6.45) is 2.42. The number of benzene rings is 1. The van der Waals surface area contributed by atoms with Crippen LogP contribution >= 0.6 is 0 Å². The van der Waals surface area contributed by atoms with E-state index in [1.54, 1.807) is 0 Å². The molecule has 1 aliphatic heterocycles. The average molecular weight is 229 g/mol. The normalized spacial score (nSPS) is 22.3. The SMILES string of the molecule is CC(c1cccc(C#N)c1)N1CCCC1CN. The van der Waals surface area contributed by atoms with Crippen molar-refractivity contribution in [1.82, 2.24) is 4.90 Å². The first-order valence-corrected chi connectivity index (χ1v) is 6.22. The van der Waals surface area contributed by atoms with E-state index in [1.807, 2.05) is 18.2 Å². The van der Waals surface area contributed by atoms with Crippen molar-refractivity contribution < 1.29 is 0 Å². The summed E-state index contributed by atoms with van der Waals surface area (Å²) in [4.78, 5) is 2.45. The molecule has 0 amide bonds. The van der Waals surface area contributed by atoms with E-state index in [-0.39, 0.29) is 0 Å². The van der Waals surface area contributed by atoms with Crippen LogP contribution in [0.1, 0.15) is 36.9 Å². The Morgan fingerprint density at radius 3 is 3.12 bits per heavy atom. The van der Waals surface area contributed by atoms with Gasteiger partial charge in [-0.25, -0.2) is 0 Å². The fourth-order valence-corrected chi connectivity index (χ4v) is 2.68. The van der Waals surface area contributed by atoms with Gasteiger partial charge >= 0.3 is 0 Å². The lowest BCUT2D eigenvalue weighted by Gasteiger charge is -2.30. The van der Waals surface area contributed by atoms with Crippen LogP contribution in [-0.4, -0.2) is 24.0 Å². The summed E-state index contributed by atoms with van der Waals surface area (Å²) in [6.45, 7) is 4.03. The van der Waals surface area contributed by atoms with Crippen LogP contribution in [-0.2, 0) is 0 Å². The predicted molar refractivity (Wildman–Crippen MR) is 68.4 cm³/mol. The molecule has 0 bridgehead atoms. The number of rotatable bonds is 3. The molecule has 1 aromatic rings. The second-order valence-electron chi connectivity index (χ2n) is 4.68. The van der Waals surface area contributed by atoms with Crippen molar-refractivity contribution in [1.29, 1.82) is 5.26 Å². The van der Waals surface area contributed by atoms with E-state index < -0.39 is 0 Å². The molecule has 2 unspecified atom stereocenters. The van der Waals surface area contributed by atoms with Crippen LogP contribution in [0.3, 0.4) is 0 Å². The number of hydrogen-bond donors (Lipinski definition) is 1. The zero-order valence-electron chi connectivity index (χ0n) is 10.3. The lowest BCUT2D eigenvalue weighted by Crippen LogP contribution is -2.37. The molecule has 0 radical (unpaired) electrons. The molecule has 0 saturated carbocycles. The van der Waals surface area contributed by atoms with E-state index in [9.17, 15) is 0 Å². The van der Waals surface area contributed by atoms with Crippen molar-refractivity contribution >= 4 is 0 Å². The minimum atomic E-state index is 0.347. The first-order valence-electron chi connectivity index (χ1n) is 6.22. The first kappa shape index (κ1) is 12.1. The maximum Gasteiger partial charge on any atom is 0.0991 e. The summed E-state index contributed by atoms with van der Waals surface area (Å²) in [5.41, 5.74) is 7.75. The number of nitriles is 1. The van der Waals surface area contributed by atoms with Gasteiger partial charge in [-0.15, -0.1) is 0 Å². The minimum Gasteiger partial charge on any atom is -0.329 e. The molecule has 0 aromatic heterocycles. The molecule has 1 saturated heterocycles. The van der Waals surface area contributed by atoms with Crippen LogP contribution in [0.25, 0.3) is 0 Å². The summed E-state index contributed by atoms with van der Waals surface area (Å²) in [5, 5.41) is 8.92. The van der Waals surface area contributed by atoms with Gasteiger partial charge in [0.05, 0.1) is 11.6 Å². The third kappa shape index (κ3) is 2.49. The Labute approximate surface area is 103 Å². The Balaban J connectivity index is 2.18. The van der Waals surface area contributed by atoms with Gasteiger partial charge in [0, 0.05) is 18.6 Å². The smallest absolute Gasteiger partial charge is 0.0991 e. The van der Waals surface area contributed by atoms with Gasteiger partial charge in [-0.1, -0.05) is 12.1 Å². The van der Waals surface area contributed by atoms with Crippen molar-refractivity contribution in [3.63, 3.8) is 0 Å². The van der Waals surface area contributed by atoms with E-state index in [1.165, 1.54) is 18.4 Å². The van der Waals surface area contributed by atoms with Gasteiger partial charge in [-0.05, 0) is 44.0 Å². The molecule has 3 heteroatoms. The van der Waals surface area contributed by atoms with Crippen LogP contribution in [0, 0.1) is 11.3 Å². The van der Waals surface area contributed by atoms with E-state index in [4.69, 9.17) is 11.0 Å². The fourth-order valence-electron chi connectivity index (χ4n) is 2.68. The summed E-state index contributed by atoms with van der Waals surface area (Å²) in [7, 11) is 0. The second-order valence-corrected chi connectivity index (χ2v) is 4.68. The Hall–Kier alpha value is -1.37. The molecule has 1 aliphatic rings. The van der Waals surface area contributed by atoms with Gasteiger partial charge in [0.1, 0.15) is 0 Å². The zero-order valence-corrected chi connectivity index (χ0v) is 10.3. The predicted octanol–water partition coefficient (Wildman–Crippen LogP) is 2.04. The highest BCUT2D eigenvalue weighted by molar-refractivity contribution is 5.34. The Morgan fingerprint density at radius 2 is 2.41 bits per heavy atom. The largest absolute Gasteiger partial charge is 0.329 e. The highest BCUT2D eigenvalue weighted by Gasteiger charge is 2.27. The molecule has 0 spiro atoms. The highest BCUT2D eigenvalue weighted by Crippen LogP contribution is 2.28. The summed E-state index contributed by atoms with van der Waals surface area (Å²) < 4.78 is 0. The molecular formula is C14H19N3. The Kier molecular flexibility index (Phi) is 3.78. The zero-order chi connectivity index (χ0) is 12.3. The summed E-state index contributed by atoms with van der Waals surface area (Å²) in [6, 6.07) is 10.9. The molecule has 0 aliphatic carbocycles. The molecule has 1 aromatic carbocycles. The quantitative estimate of drug-likeness (QED) is 0.863. The lowest BCUT2D eigenvalue weighted by molar-refractivity contribution is 0.197. The van der Waals surface area contributed by atoms with E-state index in [0.717, 1.165) is 18.7 Å². The third-order valence-electron chi connectivity index (χ3n) is 3.69. The molecule has 1 fully saturated rings. The number of nitrogens with two attached hydrogens (primary N) is 1. The molecule has 17 heavy (non-hydrogen) atoms. The molecule has 2 atom stereocenters. The van der Waals surface area contributed by atoms with E-state index >= 15 is 0 Å². The maximum atomic E-state index is 8.92. The average Bonchev–Trinajstić information content (AvgIpc) is 2.86. The van der Waals surface area contributed by atoms with Gasteiger partial charge < -0.3 is 5.73 Å². The lowest BCUT2D eigenvalue weighted by atomic mass is 10.0. The van der Waals surface area contributed by atoms with Gasteiger partial charge in [-0.3, -0.25) is 4.90 Å².